The fourth-order valence-corrected chi connectivity index (χ4v) is 7.15. The van der Waals surface area contributed by atoms with Gasteiger partial charge in [0.05, 0.1) is 48.6 Å². The van der Waals surface area contributed by atoms with Gasteiger partial charge in [-0.25, -0.2) is 9.97 Å². The minimum absolute atomic E-state index is 0.170. The van der Waals surface area contributed by atoms with Gasteiger partial charge in [-0.2, -0.15) is 0 Å². The minimum Gasteiger partial charge on any atom is -0.392 e. The Morgan fingerprint density at radius 3 is 2.57 bits per heavy atom. The van der Waals surface area contributed by atoms with E-state index in [-0.39, 0.29) is 17.7 Å². The highest BCUT2D eigenvalue weighted by Gasteiger charge is 2.29. The number of aryl methyl sites for hydroxylation is 3. The Hall–Kier alpha value is -4.78. The zero-order chi connectivity index (χ0) is 32.1. The highest BCUT2D eigenvalue weighted by atomic mass is 16.5. The Kier molecular flexibility index (Phi) is 7.63. The number of hydrogen-bond donors (Lipinski definition) is 2. The maximum atomic E-state index is 13.8. The minimum atomic E-state index is -0.341. The van der Waals surface area contributed by atoms with E-state index in [0.717, 1.165) is 76.4 Å². The number of nitrogens with one attached hydrogen (secondary N) is 1. The predicted molar refractivity (Wildman–Crippen MR) is 181 cm³/mol. The molecule has 5 aromatic heterocycles. The smallest absolute Gasteiger partial charge is 0.274 e. The highest BCUT2D eigenvalue weighted by Crippen LogP contribution is 2.30. The summed E-state index contributed by atoms with van der Waals surface area (Å²) >= 11 is 0. The van der Waals surface area contributed by atoms with E-state index in [0.29, 0.717) is 45.4 Å². The van der Waals surface area contributed by atoms with Crippen LogP contribution in [0.1, 0.15) is 24.1 Å². The molecule has 0 amide bonds. The summed E-state index contributed by atoms with van der Waals surface area (Å²) in [5.41, 5.74) is 4.99. The predicted octanol–water partition coefficient (Wildman–Crippen LogP) is 3.04. The van der Waals surface area contributed by atoms with Crippen molar-refractivity contribution in [1.29, 1.82) is 0 Å². The summed E-state index contributed by atoms with van der Waals surface area (Å²) in [7, 11) is 1.69. The molecule has 47 heavy (non-hydrogen) atoms. The molecule has 0 aromatic carbocycles. The maximum absolute atomic E-state index is 13.8. The van der Waals surface area contributed by atoms with Crippen molar-refractivity contribution in [2.24, 2.45) is 7.05 Å². The third-order valence-corrected chi connectivity index (χ3v) is 9.86. The van der Waals surface area contributed by atoms with Crippen molar-refractivity contribution in [2.45, 2.75) is 38.5 Å². The molecule has 3 aliphatic heterocycles. The number of piperazine rings is 1. The van der Waals surface area contributed by atoms with Crippen LogP contribution in [0.4, 0.5) is 17.2 Å². The molecule has 8 heterocycles. The van der Waals surface area contributed by atoms with Crippen molar-refractivity contribution >= 4 is 28.1 Å². The van der Waals surface area contributed by atoms with Crippen LogP contribution in [0, 0.1) is 0 Å². The summed E-state index contributed by atoms with van der Waals surface area (Å²) < 4.78 is 10.6. The number of hydrogen-bond acceptors (Lipinski definition) is 9. The van der Waals surface area contributed by atoms with E-state index in [1.165, 1.54) is 14.8 Å². The molecule has 8 rings (SSSR count). The summed E-state index contributed by atoms with van der Waals surface area (Å²) in [4.78, 5) is 41.0. The maximum Gasteiger partial charge on any atom is 0.274 e. The lowest BCUT2D eigenvalue weighted by Crippen LogP contribution is -2.56. The van der Waals surface area contributed by atoms with E-state index in [4.69, 9.17) is 4.74 Å². The van der Waals surface area contributed by atoms with Crippen LogP contribution < -0.4 is 21.3 Å². The Balaban J connectivity index is 1.07. The van der Waals surface area contributed by atoms with Gasteiger partial charge >= 0.3 is 0 Å². The van der Waals surface area contributed by atoms with Crippen LogP contribution in [0.5, 0.6) is 0 Å². The van der Waals surface area contributed by atoms with Crippen LogP contribution in [0.15, 0.2) is 70.8 Å². The molecule has 3 aliphatic rings. The van der Waals surface area contributed by atoms with Crippen LogP contribution in [0.2, 0.25) is 0 Å². The van der Waals surface area contributed by atoms with Crippen LogP contribution in [-0.4, -0.2) is 79.1 Å². The van der Waals surface area contributed by atoms with Gasteiger partial charge in [0.25, 0.3) is 11.1 Å². The molecule has 12 nitrogen and oxygen atoms in total. The number of aliphatic hydroxyl groups is 1. The molecule has 0 unspecified atom stereocenters. The Morgan fingerprint density at radius 1 is 0.979 bits per heavy atom. The SMILES string of the molecule is Cn1cc(-c2ccnc(-n3ccc4c(cc5n4CCCC5)c3=O)c2CO)cc(Nc2ccc(N3CCN(C4COC4)CC3)cn2)c1=O. The van der Waals surface area contributed by atoms with Crippen molar-refractivity contribution in [3.63, 3.8) is 0 Å². The summed E-state index contributed by atoms with van der Waals surface area (Å²) in [6.07, 6.45) is 10.1. The monoisotopic (exact) mass is 634 g/mol. The molecular weight excluding hydrogens is 596 g/mol. The van der Waals surface area contributed by atoms with Crippen LogP contribution in [0.3, 0.4) is 0 Å². The molecule has 2 saturated heterocycles. The molecule has 5 aromatic rings. The lowest BCUT2D eigenvalue weighted by atomic mass is 10.0. The molecule has 12 heteroatoms. The number of aliphatic hydroxyl groups excluding tert-OH is 1. The van der Waals surface area contributed by atoms with Crippen molar-refractivity contribution in [1.82, 2.24) is 28.6 Å². The summed E-state index contributed by atoms with van der Waals surface area (Å²) in [5.74, 6) is 0.921. The zero-order valence-corrected chi connectivity index (χ0v) is 26.4. The van der Waals surface area contributed by atoms with Gasteiger partial charge in [-0.1, -0.05) is 0 Å². The number of rotatable bonds is 7. The zero-order valence-electron chi connectivity index (χ0n) is 26.4. The average molecular weight is 635 g/mol. The molecule has 0 spiro atoms. The van der Waals surface area contributed by atoms with Crippen LogP contribution in [0.25, 0.3) is 27.8 Å². The fraction of sp³-hybridized carbons (Fsp3) is 0.371. The first kappa shape index (κ1) is 29.6. The van der Waals surface area contributed by atoms with Gasteiger partial charge in [0.1, 0.15) is 17.3 Å². The standard InChI is InChI=1S/C35H38N8O4/c1-39-19-23(16-30(35(39)46)38-32-6-5-25(18-37-32)40-12-14-41(15-13-40)26-21-47-22-26)27-7-9-36-33(29(27)20-44)43-11-8-31-28(34(43)45)17-24-4-2-3-10-42(24)31/h5-9,11,16-19,26,44H,2-4,10,12-15,20-22H2,1H3,(H,37,38). The van der Waals surface area contributed by atoms with Gasteiger partial charge < -0.3 is 29.2 Å². The molecule has 0 bridgehead atoms. The topological polar surface area (TPSA) is 123 Å². The molecular formula is C35H38N8O4. The van der Waals surface area contributed by atoms with Gasteiger partial charge in [0.15, 0.2) is 0 Å². The van der Waals surface area contributed by atoms with E-state index in [2.05, 4.69) is 29.7 Å². The first-order valence-electron chi connectivity index (χ1n) is 16.3. The second-order valence-corrected chi connectivity index (χ2v) is 12.7. The molecule has 0 saturated carbocycles. The Bertz CT molecular complexity index is 2070. The lowest BCUT2D eigenvalue weighted by molar-refractivity contribution is -0.0660. The lowest BCUT2D eigenvalue weighted by Gasteiger charge is -2.43. The number of nitrogens with zero attached hydrogens (tertiary/aromatic N) is 7. The van der Waals surface area contributed by atoms with E-state index < -0.39 is 0 Å². The number of pyridine rings is 4. The van der Waals surface area contributed by atoms with E-state index in [1.54, 1.807) is 37.8 Å². The van der Waals surface area contributed by atoms with Gasteiger partial charge in [-0.15, -0.1) is 0 Å². The first-order chi connectivity index (χ1) is 23.0. The average Bonchev–Trinajstić information content (AvgIpc) is 3.46. The van der Waals surface area contributed by atoms with Crippen molar-refractivity contribution in [3.05, 3.63) is 93.2 Å². The van der Waals surface area contributed by atoms with Crippen LogP contribution >= 0.6 is 0 Å². The number of fused-ring (bicyclic) bond motifs is 3. The fourth-order valence-electron chi connectivity index (χ4n) is 7.15. The van der Waals surface area contributed by atoms with Gasteiger partial charge in [-0.05, 0) is 61.2 Å². The second kappa shape index (κ2) is 12.1. The molecule has 2 fully saturated rings. The van der Waals surface area contributed by atoms with Crippen molar-refractivity contribution in [3.8, 4) is 16.9 Å². The summed E-state index contributed by atoms with van der Waals surface area (Å²) in [6.45, 7) is 6.10. The molecule has 0 radical (unpaired) electrons. The summed E-state index contributed by atoms with van der Waals surface area (Å²) in [5, 5.41) is 14.5. The van der Waals surface area contributed by atoms with Crippen molar-refractivity contribution < 1.29 is 9.84 Å². The van der Waals surface area contributed by atoms with Crippen molar-refractivity contribution in [2.75, 3.05) is 49.6 Å². The molecule has 242 valence electrons. The van der Waals surface area contributed by atoms with Gasteiger partial charge in [-0.3, -0.25) is 19.1 Å². The van der Waals surface area contributed by atoms with E-state index in [9.17, 15) is 14.7 Å². The molecule has 0 atom stereocenters. The van der Waals surface area contributed by atoms with Crippen LogP contribution in [-0.2, 0) is 31.4 Å². The normalized spacial score (nSPS) is 17.1. The Morgan fingerprint density at radius 2 is 1.83 bits per heavy atom. The highest BCUT2D eigenvalue weighted by molar-refractivity contribution is 5.81. The molecule has 2 N–H and O–H groups in total. The number of anilines is 3. The summed E-state index contributed by atoms with van der Waals surface area (Å²) in [6, 6.07) is 12.0. The quantitative estimate of drug-likeness (QED) is 0.278. The Labute approximate surface area is 271 Å². The van der Waals surface area contributed by atoms with E-state index in [1.807, 2.05) is 30.5 Å². The third kappa shape index (κ3) is 5.32. The number of aromatic nitrogens is 5. The van der Waals surface area contributed by atoms with Gasteiger partial charge in [0, 0.05) is 75.2 Å². The number of ether oxygens (including phenoxy) is 1. The van der Waals surface area contributed by atoms with Gasteiger partial charge in [0.2, 0.25) is 0 Å². The van der Waals surface area contributed by atoms with E-state index >= 15 is 0 Å². The molecule has 0 aliphatic carbocycles. The first-order valence-corrected chi connectivity index (χ1v) is 16.3. The largest absolute Gasteiger partial charge is 0.392 e. The second-order valence-electron chi connectivity index (χ2n) is 12.7. The third-order valence-electron chi connectivity index (χ3n) is 9.86.